The summed E-state index contributed by atoms with van der Waals surface area (Å²) in [5.74, 6) is 5.99. The summed E-state index contributed by atoms with van der Waals surface area (Å²) in [6.07, 6.45) is 1.51. The molecule has 24 heavy (non-hydrogen) atoms. The molecule has 1 aromatic heterocycles. The van der Waals surface area contributed by atoms with Gasteiger partial charge in [0.15, 0.2) is 0 Å². The van der Waals surface area contributed by atoms with Crippen LogP contribution in [0.3, 0.4) is 0 Å². The Kier molecular flexibility index (Phi) is 5.25. The van der Waals surface area contributed by atoms with Crippen LogP contribution < -0.4 is 10.9 Å². The number of thiophene rings is 1. The zero-order chi connectivity index (χ0) is 18.1. The number of nitrogens with two attached hydrogens (primary N) is 1. The summed E-state index contributed by atoms with van der Waals surface area (Å²) in [5.41, 5.74) is -1.25. The van der Waals surface area contributed by atoms with E-state index in [1.807, 2.05) is 24.8 Å². The van der Waals surface area contributed by atoms with Crippen molar-refractivity contribution < 1.29 is 14.3 Å². The molecule has 1 aromatic rings. The largest absolute Gasteiger partial charge is 0.442 e. The molecule has 2 amide bonds. The molecule has 2 N–H and O–H groups in total. The molecule has 0 radical (unpaired) electrons. The molecule has 1 aliphatic rings. The van der Waals surface area contributed by atoms with Gasteiger partial charge in [0.1, 0.15) is 10.6 Å². The van der Waals surface area contributed by atoms with Gasteiger partial charge in [-0.25, -0.2) is 15.6 Å². The van der Waals surface area contributed by atoms with Crippen molar-refractivity contribution in [2.24, 2.45) is 5.84 Å². The summed E-state index contributed by atoms with van der Waals surface area (Å²) < 4.78 is 5.27. The molecule has 134 valence electrons. The van der Waals surface area contributed by atoms with Crippen LogP contribution in [0.1, 0.15) is 52.3 Å². The number of likely N-dealkylation sites (tertiary alicyclic amines) is 1. The number of anilines is 1. The van der Waals surface area contributed by atoms with E-state index in [-0.39, 0.29) is 5.91 Å². The van der Waals surface area contributed by atoms with E-state index in [1.165, 1.54) is 11.3 Å². The van der Waals surface area contributed by atoms with Gasteiger partial charge in [-0.1, -0.05) is 0 Å². The smallest absolute Gasteiger partial charge is 0.430 e. The van der Waals surface area contributed by atoms with Gasteiger partial charge in [0, 0.05) is 18.0 Å². The predicted octanol–water partition coefficient (Wildman–Crippen LogP) is 3.26. The molecule has 1 fully saturated rings. The van der Waals surface area contributed by atoms with Crippen LogP contribution in [0.5, 0.6) is 0 Å². The number of carbonyl (C=O) groups excluding carboxylic acids is 2. The fraction of sp³-hybridized carbons (Fsp3) is 0.647. The van der Waals surface area contributed by atoms with E-state index in [4.69, 9.17) is 10.6 Å². The zero-order valence-electron chi connectivity index (χ0n) is 15.1. The minimum atomic E-state index is -0.637. The first-order chi connectivity index (χ1) is 11.0. The van der Waals surface area contributed by atoms with Crippen molar-refractivity contribution >= 4 is 28.3 Å². The first-order valence-electron chi connectivity index (χ1n) is 8.20. The highest BCUT2D eigenvalue weighted by Crippen LogP contribution is 2.36. The first kappa shape index (κ1) is 18.7. The van der Waals surface area contributed by atoms with Gasteiger partial charge in [0.2, 0.25) is 5.91 Å². The molecule has 1 saturated heterocycles. The lowest BCUT2D eigenvalue weighted by molar-refractivity contribution is -0.135. The maximum Gasteiger partial charge on any atom is 0.430 e. The maximum atomic E-state index is 12.8. The van der Waals surface area contributed by atoms with Gasteiger partial charge < -0.3 is 9.64 Å². The van der Waals surface area contributed by atoms with E-state index < -0.39 is 17.1 Å². The van der Waals surface area contributed by atoms with E-state index in [0.717, 1.165) is 35.8 Å². The second-order valence-electron chi connectivity index (χ2n) is 7.61. The SMILES string of the molecule is CC(C)(C)OC(=O)N(N)c1ccc(C(C)(C)C(=O)N2CCCC2)s1. The minimum Gasteiger partial charge on any atom is -0.442 e. The van der Waals surface area contributed by atoms with Crippen LogP contribution in [0, 0.1) is 0 Å². The highest BCUT2D eigenvalue weighted by Gasteiger charge is 2.36. The Balaban J connectivity index is 2.14. The van der Waals surface area contributed by atoms with Crippen molar-refractivity contribution in [3.8, 4) is 0 Å². The van der Waals surface area contributed by atoms with Gasteiger partial charge in [0.25, 0.3) is 0 Å². The lowest BCUT2D eigenvalue weighted by Gasteiger charge is -2.28. The average molecular weight is 353 g/mol. The molecular weight excluding hydrogens is 326 g/mol. The number of nitrogens with zero attached hydrogens (tertiary/aromatic N) is 2. The third-order valence-electron chi connectivity index (χ3n) is 3.96. The summed E-state index contributed by atoms with van der Waals surface area (Å²) in [6, 6.07) is 3.61. The Morgan fingerprint density at radius 2 is 1.75 bits per heavy atom. The van der Waals surface area contributed by atoms with E-state index in [0.29, 0.717) is 5.00 Å². The Morgan fingerprint density at radius 3 is 2.29 bits per heavy atom. The summed E-state index contributed by atoms with van der Waals surface area (Å²) in [4.78, 5) is 27.6. The van der Waals surface area contributed by atoms with Crippen LogP contribution in [-0.2, 0) is 14.9 Å². The molecule has 2 rings (SSSR count). The molecule has 0 spiro atoms. The summed E-state index contributed by atoms with van der Waals surface area (Å²) in [7, 11) is 0. The molecule has 0 bridgehead atoms. The van der Waals surface area contributed by atoms with Crippen LogP contribution >= 0.6 is 11.3 Å². The van der Waals surface area contributed by atoms with E-state index >= 15 is 0 Å². The van der Waals surface area contributed by atoms with Gasteiger partial charge in [-0.3, -0.25) is 4.79 Å². The van der Waals surface area contributed by atoms with Gasteiger partial charge in [0.05, 0.1) is 5.41 Å². The number of ether oxygens (including phenoxy) is 1. The van der Waals surface area contributed by atoms with E-state index in [2.05, 4.69) is 0 Å². The van der Waals surface area contributed by atoms with Gasteiger partial charge in [-0.2, -0.15) is 0 Å². The number of amides is 2. The highest BCUT2D eigenvalue weighted by molar-refractivity contribution is 7.16. The third kappa shape index (κ3) is 4.08. The average Bonchev–Trinajstić information content (AvgIpc) is 3.15. The van der Waals surface area contributed by atoms with E-state index in [1.54, 1.807) is 26.8 Å². The number of carbonyl (C=O) groups is 2. The van der Waals surface area contributed by atoms with Crippen molar-refractivity contribution in [2.45, 2.75) is 58.5 Å². The van der Waals surface area contributed by atoms with Crippen LogP contribution in [-0.4, -0.2) is 35.6 Å². The molecule has 0 atom stereocenters. The van der Waals surface area contributed by atoms with Gasteiger partial charge in [-0.15, -0.1) is 11.3 Å². The number of rotatable bonds is 3. The van der Waals surface area contributed by atoms with Crippen LogP contribution in [0.15, 0.2) is 12.1 Å². The molecule has 6 nitrogen and oxygen atoms in total. The number of hydrogen-bond acceptors (Lipinski definition) is 5. The Hall–Kier alpha value is -1.60. The molecule has 0 saturated carbocycles. The summed E-state index contributed by atoms with van der Waals surface area (Å²) >= 11 is 1.34. The van der Waals surface area contributed by atoms with Crippen molar-refractivity contribution in [3.05, 3.63) is 17.0 Å². The lowest BCUT2D eigenvalue weighted by atomic mass is 9.90. The maximum absolute atomic E-state index is 12.8. The van der Waals surface area contributed by atoms with Crippen molar-refractivity contribution in [1.29, 1.82) is 0 Å². The van der Waals surface area contributed by atoms with Crippen LogP contribution in [0.4, 0.5) is 9.80 Å². The second kappa shape index (κ2) is 6.72. The fourth-order valence-electron chi connectivity index (χ4n) is 2.62. The second-order valence-corrected chi connectivity index (χ2v) is 8.67. The molecule has 0 aromatic carbocycles. The number of hydrogen-bond donors (Lipinski definition) is 1. The Labute approximate surface area is 147 Å². The van der Waals surface area contributed by atoms with Gasteiger partial charge in [-0.05, 0) is 59.6 Å². The summed E-state index contributed by atoms with van der Waals surface area (Å²) in [6.45, 7) is 10.8. The monoisotopic (exact) mass is 353 g/mol. The lowest BCUT2D eigenvalue weighted by Crippen LogP contribution is -2.42. The molecule has 0 aliphatic carbocycles. The van der Waals surface area contributed by atoms with Crippen LogP contribution in [0.2, 0.25) is 0 Å². The quantitative estimate of drug-likeness (QED) is 0.514. The molecular formula is C17H27N3O3S. The molecule has 2 heterocycles. The number of hydrazine groups is 1. The fourth-order valence-corrected chi connectivity index (χ4v) is 3.63. The van der Waals surface area contributed by atoms with Gasteiger partial charge >= 0.3 is 6.09 Å². The predicted molar refractivity (Wildman–Crippen MR) is 96.1 cm³/mol. The van der Waals surface area contributed by atoms with Crippen molar-refractivity contribution in [2.75, 3.05) is 18.1 Å². The Morgan fingerprint density at radius 1 is 1.17 bits per heavy atom. The topological polar surface area (TPSA) is 75.9 Å². The normalized spacial score (nSPS) is 15.5. The standard InChI is InChI=1S/C17H27N3O3S/c1-16(2,3)23-15(22)20(18)13-9-8-12(24-13)17(4,5)14(21)19-10-6-7-11-19/h8-9H,6-7,10-11,18H2,1-5H3. The molecule has 7 heteroatoms. The summed E-state index contributed by atoms with van der Waals surface area (Å²) in [5, 5.41) is 1.55. The van der Waals surface area contributed by atoms with Crippen LogP contribution in [0.25, 0.3) is 0 Å². The minimum absolute atomic E-state index is 0.120. The van der Waals surface area contributed by atoms with Crippen molar-refractivity contribution in [1.82, 2.24) is 4.90 Å². The highest BCUT2D eigenvalue weighted by atomic mass is 32.1. The van der Waals surface area contributed by atoms with E-state index in [9.17, 15) is 9.59 Å². The first-order valence-corrected chi connectivity index (χ1v) is 9.01. The molecule has 0 unspecified atom stereocenters. The van der Waals surface area contributed by atoms with Crippen molar-refractivity contribution in [3.63, 3.8) is 0 Å². The zero-order valence-corrected chi connectivity index (χ0v) is 15.9. The third-order valence-corrected chi connectivity index (χ3v) is 5.37. The Bertz CT molecular complexity index is 613. The molecule has 1 aliphatic heterocycles.